The second-order valence-electron chi connectivity index (χ2n) is 5.06. The molecule has 0 saturated heterocycles. The summed E-state index contributed by atoms with van der Waals surface area (Å²) in [6.07, 6.45) is 1.77. The molecule has 1 amide bonds. The van der Waals surface area contributed by atoms with Crippen LogP contribution in [0.3, 0.4) is 0 Å². The first-order valence-corrected chi connectivity index (χ1v) is 7.87. The Hall–Kier alpha value is -1.85. The van der Waals surface area contributed by atoms with Crippen LogP contribution in [0.4, 0.5) is 0 Å². The van der Waals surface area contributed by atoms with Gasteiger partial charge in [0, 0.05) is 21.4 Å². The number of halogens is 2. The van der Waals surface area contributed by atoms with Crippen LogP contribution in [0.5, 0.6) is 0 Å². The highest BCUT2D eigenvalue weighted by atomic mass is 79.9. The number of hydrogen-bond donors (Lipinski definition) is 2. The highest BCUT2D eigenvalue weighted by Gasteiger charge is 2.12. The van der Waals surface area contributed by atoms with Gasteiger partial charge in [0.1, 0.15) is 0 Å². The number of hydrogen-bond acceptors (Lipinski definition) is 2. The van der Waals surface area contributed by atoms with Crippen molar-refractivity contribution in [1.82, 2.24) is 15.5 Å². The van der Waals surface area contributed by atoms with Gasteiger partial charge in [-0.25, -0.2) is 0 Å². The van der Waals surface area contributed by atoms with E-state index in [9.17, 15) is 4.79 Å². The Morgan fingerprint density at radius 1 is 1.36 bits per heavy atom. The maximum atomic E-state index is 12.3. The van der Waals surface area contributed by atoms with Crippen molar-refractivity contribution in [2.45, 2.75) is 13.5 Å². The van der Waals surface area contributed by atoms with E-state index in [4.69, 9.17) is 11.6 Å². The lowest BCUT2D eigenvalue weighted by molar-refractivity contribution is 0.0950. The molecule has 0 bridgehead atoms. The summed E-state index contributed by atoms with van der Waals surface area (Å²) < 4.78 is 0.732. The molecule has 0 radical (unpaired) electrons. The minimum Gasteiger partial charge on any atom is -0.348 e. The zero-order valence-electron chi connectivity index (χ0n) is 11.8. The molecule has 0 aliphatic heterocycles. The molecule has 0 aliphatic carbocycles. The van der Waals surface area contributed by atoms with Gasteiger partial charge in [0.25, 0.3) is 5.91 Å². The molecule has 0 atom stereocenters. The van der Waals surface area contributed by atoms with Crippen LogP contribution in [0, 0.1) is 6.92 Å². The van der Waals surface area contributed by atoms with Crippen LogP contribution >= 0.6 is 27.5 Å². The lowest BCUT2D eigenvalue weighted by Crippen LogP contribution is -2.23. The first-order valence-electron chi connectivity index (χ1n) is 6.70. The molecule has 6 heteroatoms. The molecular formula is C16H13BrClN3O. The molecule has 3 aromatic rings. The predicted octanol–water partition coefficient (Wildman–Crippen LogP) is 4.22. The SMILES string of the molecule is Cc1cc(Br)c(C(=O)NCc2ccc3cn[nH]c3c2)cc1Cl. The molecule has 2 aromatic carbocycles. The number of H-pyrrole nitrogens is 1. The number of carbonyl (C=O) groups excluding carboxylic acids is 1. The van der Waals surface area contributed by atoms with E-state index in [0.717, 1.165) is 26.5 Å². The monoisotopic (exact) mass is 377 g/mol. The van der Waals surface area contributed by atoms with Crippen molar-refractivity contribution >= 4 is 44.3 Å². The molecule has 0 spiro atoms. The molecule has 0 unspecified atom stereocenters. The van der Waals surface area contributed by atoms with Crippen LogP contribution in [0.2, 0.25) is 5.02 Å². The molecule has 1 heterocycles. The fourth-order valence-corrected chi connectivity index (χ4v) is 2.99. The van der Waals surface area contributed by atoms with E-state index in [1.54, 1.807) is 12.3 Å². The molecule has 22 heavy (non-hydrogen) atoms. The number of rotatable bonds is 3. The quantitative estimate of drug-likeness (QED) is 0.717. The van der Waals surface area contributed by atoms with Gasteiger partial charge < -0.3 is 5.32 Å². The predicted molar refractivity (Wildman–Crippen MR) is 91.2 cm³/mol. The molecule has 112 valence electrons. The number of aromatic amines is 1. The Morgan fingerprint density at radius 2 is 2.18 bits per heavy atom. The maximum Gasteiger partial charge on any atom is 0.252 e. The average Bonchev–Trinajstić information content (AvgIpc) is 2.96. The largest absolute Gasteiger partial charge is 0.348 e. The van der Waals surface area contributed by atoms with Gasteiger partial charge in [0.15, 0.2) is 0 Å². The van der Waals surface area contributed by atoms with Crippen molar-refractivity contribution in [3.8, 4) is 0 Å². The number of nitrogens with one attached hydrogen (secondary N) is 2. The van der Waals surface area contributed by atoms with Crippen molar-refractivity contribution in [3.05, 3.63) is 62.7 Å². The van der Waals surface area contributed by atoms with E-state index in [0.29, 0.717) is 17.1 Å². The van der Waals surface area contributed by atoms with Gasteiger partial charge in [-0.2, -0.15) is 5.10 Å². The second-order valence-corrected chi connectivity index (χ2v) is 6.32. The van der Waals surface area contributed by atoms with E-state index >= 15 is 0 Å². The molecule has 0 fully saturated rings. The molecule has 4 nitrogen and oxygen atoms in total. The second kappa shape index (κ2) is 6.10. The van der Waals surface area contributed by atoms with E-state index < -0.39 is 0 Å². The van der Waals surface area contributed by atoms with Crippen molar-refractivity contribution < 1.29 is 4.79 Å². The summed E-state index contributed by atoms with van der Waals surface area (Å²) in [5.74, 6) is -0.168. The number of carbonyl (C=O) groups is 1. The highest BCUT2D eigenvalue weighted by molar-refractivity contribution is 9.10. The molecule has 1 aromatic heterocycles. The smallest absolute Gasteiger partial charge is 0.252 e. The summed E-state index contributed by atoms with van der Waals surface area (Å²) in [4.78, 5) is 12.3. The van der Waals surface area contributed by atoms with E-state index in [1.807, 2.05) is 31.2 Å². The van der Waals surface area contributed by atoms with Gasteiger partial charge in [-0.1, -0.05) is 23.7 Å². The lowest BCUT2D eigenvalue weighted by atomic mass is 10.1. The first kappa shape index (κ1) is 15.1. The number of fused-ring (bicyclic) bond motifs is 1. The third kappa shape index (κ3) is 3.00. The third-order valence-electron chi connectivity index (χ3n) is 3.45. The Morgan fingerprint density at radius 3 is 3.00 bits per heavy atom. The number of amides is 1. The van der Waals surface area contributed by atoms with E-state index in [2.05, 4.69) is 31.4 Å². The highest BCUT2D eigenvalue weighted by Crippen LogP contribution is 2.25. The summed E-state index contributed by atoms with van der Waals surface area (Å²) in [5, 5.41) is 11.4. The third-order valence-corrected chi connectivity index (χ3v) is 4.52. The summed E-state index contributed by atoms with van der Waals surface area (Å²) in [5.41, 5.74) is 3.40. The molecular weight excluding hydrogens is 366 g/mol. The van der Waals surface area contributed by atoms with Gasteiger partial charge in [-0.15, -0.1) is 0 Å². The Bertz CT molecular complexity index is 860. The minimum absolute atomic E-state index is 0.168. The average molecular weight is 379 g/mol. The van der Waals surface area contributed by atoms with Crippen LogP contribution < -0.4 is 5.32 Å². The van der Waals surface area contributed by atoms with Gasteiger partial charge in [-0.3, -0.25) is 9.89 Å². The molecule has 2 N–H and O–H groups in total. The van der Waals surface area contributed by atoms with E-state index in [-0.39, 0.29) is 5.91 Å². The molecule has 0 saturated carbocycles. The van der Waals surface area contributed by atoms with Crippen LogP contribution in [-0.2, 0) is 6.54 Å². The van der Waals surface area contributed by atoms with Crippen molar-refractivity contribution in [1.29, 1.82) is 0 Å². The van der Waals surface area contributed by atoms with Gasteiger partial charge >= 0.3 is 0 Å². The van der Waals surface area contributed by atoms with Crippen LogP contribution in [0.1, 0.15) is 21.5 Å². The van der Waals surface area contributed by atoms with Crippen LogP contribution in [0.15, 0.2) is 41.0 Å². The number of nitrogens with zero attached hydrogens (tertiary/aromatic N) is 1. The lowest BCUT2D eigenvalue weighted by Gasteiger charge is -2.09. The maximum absolute atomic E-state index is 12.3. The molecule has 0 aliphatic rings. The first-order chi connectivity index (χ1) is 10.5. The van der Waals surface area contributed by atoms with Gasteiger partial charge in [0.05, 0.1) is 17.3 Å². The number of benzene rings is 2. The van der Waals surface area contributed by atoms with Gasteiger partial charge in [0.2, 0.25) is 0 Å². The summed E-state index contributed by atoms with van der Waals surface area (Å²) in [7, 11) is 0. The van der Waals surface area contributed by atoms with Crippen molar-refractivity contribution in [3.63, 3.8) is 0 Å². The summed E-state index contributed by atoms with van der Waals surface area (Å²) in [6.45, 7) is 2.33. The number of aromatic nitrogens is 2. The van der Waals surface area contributed by atoms with Gasteiger partial charge in [-0.05, 0) is 52.2 Å². The minimum atomic E-state index is -0.168. The Kier molecular flexibility index (Phi) is 4.18. The summed E-state index contributed by atoms with van der Waals surface area (Å²) in [6, 6.07) is 9.43. The standard InChI is InChI=1S/C16H13BrClN3O/c1-9-4-13(17)12(6-14(9)18)16(22)19-7-10-2-3-11-8-20-21-15(11)5-10/h2-6,8H,7H2,1H3,(H,19,22)(H,20,21). The summed E-state index contributed by atoms with van der Waals surface area (Å²) >= 11 is 9.49. The Labute approximate surface area is 141 Å². The van der Waals surface area contributed by atoms with Crippen molar-refractivity contribution in [2.24, 2.45) is 0 Å². The fraction of sp³-hybridized carbons (Fsp3) is 0.125. The van der Waals surface area contributed by atoms with Crippen LogP contribution in [0.25, 0.3) is 10.9 Å². The zero-order chi connectivity index (χ0) is 15.7. The number of aryl methyl sites for hydroxylation is 1. The Balaban J connectivity index is 1.75. The fourth-order valence-electron chi connectivity index (χ4n) is 2.19. The normalized spacial score (nSPS) is 10.9. The molecule has 3 rings (SSSR count). The van der Waals surface area contributed by atoms with Crippen molar-refractivity contribution in [2.75, 3.05) is 0 Å². The zero-order valence-corrected chi connectivity index (χ0v) is 14.1. The topological polar surface area (TPSA) is 57.8 Å². The van der Waals surface area contributed by atoms with Crippen LogP contribution in [-0.4, -0.2) is 16.1 Å². The van der Waals surface area contributed by atoms with E-state index in [1.165, 1.54) is 0 Å².